The molecule has 150 valence electrons. The Hall–Kier alpha value is -2.57. The molecule has 0 fully saturated rings. The van der Waals surface area contributed by atoms with Crippen molar-refractivity contribution >= 4 is 34.8 Å². The zero-order valence-electron chi connectivity index (χ0n) is 16.6. The molecule has 0 aliphatic rings. The summed E-state index contributed by atoms with van der Waals surface area (Å²) in [7, 11) is 1.59. The summed E-state index contributed by atoms with van der Waals surface area (Å²) >= 11 is 6.24. The van der Waals surface area contributed by atoms with Crippen LogP contribution in [0.3, 0.4) is 0 Å². The molecule has 6 nitrogen and oxygen atoms in total. The van der Waals surface area contributed by atoms with E-state index in [2.05, 4.69) is 10.6 Å². The van der Waals surface area contributed by atoms with Gasteiger partial charge in [-0.1, -0.05) is 24.6 Å². The highest BCUT2D eigenvalue weighted by Gasteiger charge is 2.15. The van der Waals surface area contributed by atoms with E-state index in [1.54, 1.807) is 36.3 Å². The van der Waals surface area contributed by atoms with Gasteiger partial charge in [-0.15, -0.1) is 0 Å². The van der Waals surface area contributed by atoms with Crippen molar-refractivity contribution in [1.29, 1.82) is 0 Å². The van der Waals surface area contributed by atoms with Gasteiger partial charge in [0, 0.05) is 5.69 Å². The predicted octanol–water partition coefficient (Wildman–Crippen LogP) is 3.86. The molecule has 7 heteroatoms. The Morgan fingerprint density at radius 3 is 2.18 bits per heavy atom. The lowest BCUT2D eigenvalue weighted by molar-refractivity contribution is -0.119. The Balaban J connectivity index is 1.92. The van der Waals surface area contributed by atoms with E-state index in [1.165, 1.54) is 0 Å². The van der Waals surface area contributed by atoms with Crippen molar-refractivity contribution in [2.75, 3.05) is 37.4 Å². The lowest BCUT2D eigenvalue weighted by Gasteiger charge is -2.20. The third-order valence-electron chi connectivity index (χ3n) is 4.25. The van der Waals surface area contributed by atoms with Gasteiger partial charge in [-0.25, -0.2) is 0 Å². The Labute approximate surface area is 170 Å². The maximum absolute atomic E-state index is 12.4. The van der Waals surface area contributed by atoms with Gasteiger partial charge in [0.25, 0.3) is 0 Å². The van der Waals surface area contributed by atoms with Gasteiger partial charge in [-0.3, -0.25) is 14.5 Å². The summed E-state index contributed by atoms with van der Waals surface area (Å²) in [5.41, 5.74) is 3.22. The third kappa shape index (κ3) is 6.25. The largest absolute Gasteiger partial charge is 0.497 e. The van der Waals surface area contributed by atoms with Gasteiger partial charge in [0.05, 0.1) is 30.9 Å². The molecule has 2 aromatic rings. The first-order chi connectivity index (χ1) is 13.3. The van der Waals surface area contributed by atoms with Crippen LogP contribution in [0, 0.1) is 13.8 Å². The van der Waals surface area contributed by atoms with Crippen molar-refractivity contribution in [3.63, 3.8) is 0 Å². The zero-order valence-corrected chi connectivity index (χ0v) is 17.4. The number of nitrogens with zero attached hydrogens (tertiary/aromatic N) is 1. The van der Waals surface area contributed by atoms with E-state index in [0.29, 0.717) is 22.9 Å². The van der Waals surface area contributed by atoms with Crippen LogP contribution in [-0.2, 0) is 9.59 Å². The molecule has 0 aliphatic heterocycles. The van der Waals surface area contributed by atoms with Crippen LogP contribution < -0.4 is 15.4 Å². The number of ether oxygens (including phenoxy) is 1. The van der Waals surface area contributed by atoms with E-state index < -0.39 is 0 Å². The summed E-state index contributed by atoms with van der Waals surface area (Å²) in [5.74, 6) is 0.312. The molecule has 2 aromatic carbocycles. The molecule has 2 amide bonds. The highest BCUT2D eigenvalue weighted by atomic mass is 35.5. The highest BCUT2D eigenvalue weighted by Crippen LogP contribution is 2.27. The van der Waals surface area contributed by atoms with E-state index in [0.717, 1.165) is 16.9 Å². The second-order valence-electron chi connectivity index (χ2n) is 6.57. The van der Waals surface area contributed by atoms with Crippen LogP contribution in [0.5, 0.6) is 5.75 Å². The second kappa shape index (κ2) is 10.1. The fourth-order valence-electron chi connectivity index (χ4n) is 2.81. The van der Waals surface area contributed by atoms with Gasteiger partial charge < -0.3 is 15.4 Å². The molecule has 0 atom stereocenters. The number of benzene rings is 2. The monoisotopic (exact) mass is 403 g/mol. The SMILES string of the molecule is CCN(CC(=O)Nc1ccc(OC)cc1)CC(=O)Nc1c(C)cc(C)cc1Cl. The molecule has 0 heterocycles. The van der Waals surface area contributed by atoms with Crippen LogP contribution in [0.2, 0.25) is 5.02 Å². The summed E-state index contributed by atoms with van der Waals surface area (Å²) in [6.07, 6.45) is 0. The molecular weight excluding hydrogens is 378 g/mol. The molecule has 0 bridgehead atoms. The number of rotatable bonds is 8. The van der Waals surface area contributed by atoms with Crippen molar-refractivity contribution in [3.8, 4) is 5.75 Å². The Morgan fingerprint density at radius 2 is 1.64 bits per heavy atom. The van der Waals surface area contributed by atoms with E-state index in [-0.39, 0.29) is 24.9 Å². The molecule has 0 unspecified atom stereocenters. The number of hydrogen-bond donors (Lipinski definition) is 2. The number of nitrogens with one attached hydrogen (secondary N) is 2. The first-order valence-corrected chi connectivity index (χ1v) is 9.43. The number of hydrogen-bond acceptors (Lipinski definition) is 4. The number of anilines is 2. The lowest BCUT2D eigenvalue weighted by atomic mass is 10.1. The molecule has 0 aliphatic carbocycles. The van der Waals surface area contributed by atoms with E-state index in [4.69, 9.17) is 16.3 Å². The van der Waals surface area contributed by atoms with Crippen LogP contribution in [0.25, 0.3) is 0 Å². The molecular formula is C21H26ClN3O3. The number of carbonyl (C=O) groups excluding carboxylic acids is 2. The molecule has 0 aromatic heterocycles. The first-order valence-electron chi connectivity index (χ1n) is 9.05. The Bertz CT molecular complexity index is 814. The summed E-state index contributed by atoms with van der Waals surface area (Å²) in [5, 5.41) is 6.17. The fraction of sp³-hybridized carbons (Fsp3) is 0.333. The number of methoxy groups -OCH3 is 1. The fourth-order valence-corrected chi connectivity index (χ4v) is 3.18. The maximum Gasteiger partial charge on any atom is 0.238 e. The average Bonchev–Trinajstić information content (AvgIpc) is 2.64. The summed E-state index contributed by atoms with van der Waals surface area (Å²) in [6.45, 7) is 6.51. The van der Waals surface area contributed by atoms with Crippen LogP contribution in [-0.4, -0.2) is 43.5 Å². The van der Waals surface area contributed by atoms with E-state index in [1.807, 2.05) is 32.9 Å². The minimum absolute atomic E-state index is 0.0934. The minimum atomic E-state index is -0.215. The van der Waals surface area contributed by atoms with Gasteiger partial charge in [-0.2, -0.15) is 0 Å². The number of halogens is 1. The lowest BCUT2D eigenvalue weighted by Crippen LogP contribution is -2.38. The van der Waals surface area contributed by atoms with Gasteiger partial charge in [0.1, 0.15) is 5.75 Å². The number of aryl methyl sites for hydroxylation is 2. The molecule has 2 rings (SSSR count). The van der Waals surface area contributed by atoms with Gasteiger partial charge in [-0.05, 0) is 61.9 Å². The van der Waals surface area contributed by atoms with Crippen molar-refractivity contribution in [2.45, 2.75) is 20.8 Å². The summed E-state index contributed by atoms with van der Waals surface area (Å²) in [4.78, 5) is 26.5. The number of carbonyl (C=O) groups is 2. The predicted molar refractivity (Wildman–Crippen MR) is 113 cm³/mol. The summed E-state index contributed by atoms with van der Waals surface area (Å²) in [6, 6.07) is 10.8. The molecule has 28 heavy (non-hydrogen) atoms. The number of amides is 2. The Kier molecular flexibility index (Phi) is 7.84. The van der Waals surface area contributed by atoms with Gasteiger partial charge >= 0.3 is 0 Å². The van der Waals surface area contributed by atoms with Crippen LogP contribution >= 0.6 is 11.6 Å². The highest BCUT2D eigenvalue weighted by molar-refractivity contribution is 6.34. The second-order valence-corrected chi connectivity index (χ2v) is 6.97. The number of likely N-dealkylation sites (N-methyl/N-ethyl adjacent to an activating group) is 1. The smallest absolute Gasteiger partial charge is 0.238 e. The molecule has 0 saturated heterocycles. The van der Waals surface area contributed by atoms with Crippen LogP contribution in [0.1, 0.15) is 18.1 Å². The van der Waals surface area contributed by atoms with Gasteiger partial charge in [0.15, 0.2) is 0 Å². The molecule has 0 radical (unpaired) electrons. The van der Waals surface area contributed by atoms with Crippen molar-refractivity contribution < 1.29 is 14.3 Å². The molecule has 0 saturated carbocycles. The molecule has 0 spiro atoms. The first kappa shape index (κ1) is 21.7. The van der Waals surface area contributed by atoms with Crippen molar-refractivity contribution in [2.24, 2.45) is 0 Å². The van der Waals surface area contributed by atoms with Crippen molar-refractivity contribution in [1.82, 2.24) is 4.90 Å². The van der Waals surface area contributed by atoms with E-state index in [9.17, 15) is 9.59 Å². The quantitative estimate of drug-likeness (QED) is 0.702. The average molecular weight is 404 g/mol. The third-order valence-corrected chi connectivity index (χ3v) is 4.55. The van der Waals surface area contributed by atoms with E-state index >= 15 is 0 Å². The minimum Gasteiger partial charge on any atom is -0.497 e. The van der Waals surface area contributed by atoms with Gasteiger partial charge in [0.2, 0.25) is 11.8 Å². The standard InChI is InChI=1S/C21H26ClN3O3/c1-5-25(12-19(26)23-16-6-8-17(28-4)9-7-16)13-20(27)24-21-15(3)10-14(2)11-18(21)22/h6-11H,5,12-13H2,1-4H3,(H,23,26)(H,24,27). The van der Waals surface area contributed by atoms with Crippen LogP contribution in [0.4, 0.5) is 11.4 Å². The molecule has 2 N–H and O–H groups in total. The zero-order chi connectivity index (χ0) is 20.7. The Morgan fingerprint density at radius 1 is 1.04 bits per heavy atom. The summed E-state index contributed by atoms with van der Waals surface area (Å²) < 4.78 is 5.10. The normalized spacial score (nSPS) is 10.6. The van der Waals surface area contributed by atoms with Crippen LogP contribution in [0.15, 0.2) is 36.4 Å². The topological polar surface area (TPSA) is 70.7 Å². The van der Waals surface area contributed by atoms with Crippen molar-refractivity contribution in [3.05, 3.63) is 52.5 Å². The maximum atomic E-state index is 12.4.